The van der Waals surface area contributed by atoms with Crippen LogP contribution >= 0.6 is 0 Å². The summed E-state index contributed by atoms with van der Waals surface area (Å²) in [6, 6.07) is 20.0. The topological polar surface area (TPSA) is 115 Å². The molecule has 60 heavy (non-hydrogen) atoms. The van der Waals surface area contributed by atoms with E-state index in [9.17, 15) is 19.8 Å². The average molecular weight is 807 g/mol. The van der Waals surface area contributed by atoms with Crippen LogP contribution in [0.5, 0.6) is 0 Å². The van der Waals surface area contributed by atoms with Gasteiger partial charge in [-0.2, -0.15) is 0 Å². The number of hydrogen-bond donors (Lipinski definition) is 2. The highest BCUT2D eigenvalue weighted by Gasteiger charge is 2.48. The zero-order valence-electron chi connectivity index (χ0n) is 36.9. The molecule has 0 saturated heterocycles. The first-order valence-corrected chi connectivity index (χ1v) is 22.3. The predicted octanol–water partition coefficient (Wildman–Crippen LogP) is 5.95. The number of rotatable bonds is 18. The van der Waals surface area contributed by atoms with Gasteiger partial charge in [-0.05, 0) is 94.8 Å². The highest BCUT2D eigenvalue weighted by Crippen LogP contribution is 2.43. The molecule has 2 heterocycles. The molecule has 0 bridgehead atoms. The Balaban J connectivity index is 1.10. The van der Waals surface area contributed by atoms with Gasteiger partial charge in [0.25, 0.3) is 0 Å². The van der Waals surface area contributed by atoms with Gasteiger partial charge in [-0.3, -0.25) is 9.59 Å². The Labute approximate surface area is 356 Å². The summed E-state index contributed by atoms with van der Waals surface area (Å²) in [7, 11) is 0. The maximum Gasteiger partial charge on any atom is 0.214 e. The monoisotopic (exact) mass is 806 g/mol. The lowest BCUT2D eigenvalue weighted by Gasteiger charge is -2.31. The van der Waals surface area contributed by atoms with E-state index in [2.05, 4.69) is 81.2 Å². The molecule has 0 fully saturated rings. The maximum absolute atomic E-state index is 13.5. The summed E-state index contributed by atoms with van der Waals surface area (Å²) >= 11 is 0. The molecule has 0 saturated carbocycles. The summed E-state index contributed by atoms with van der Waals surface area (Å²) in [6.07, 6.45) is 12.4. The Morgan fingerprint density at radius 1 is 0.533 bits per heavy atom. The van der Waals surface area contributed by atoms with Gasteiger partial charge in [0, 0.05) is 83.1 Å². The van der Waals surface area contributed by atoms with Gasteiger partial charge in [-0.15, -0.1) is 0 Å². The second-order valence-corrected chi connectivity index (χ2v) is 17.9. The van der Waals surface area contributed by atoms with E-state index in [1.807, 2.05) is 54.6 Å². The summed E-state index contributed by atoms with van der Waals surface area (Å²) < 4.78 is 0. The number of allylic oxidation sites excluding steroid dienone is 6. The van der Waals surface area contributed by atoms with Crippen LogP contribution in [-0.4, -0.2) is 49.2 Å². The van der Waals surface area contributed by atoms with Crippen molar-refractivity contribution >= 4 is 56.9 Å². The lowest BCUT2D eigenvalue weighted by Crippen LogP contribution is -2.67. The zero-order chi connectivity index (χ0) is 42.9. The molecule has 314 valence electrons. The lowest BCUT2D eigenvalue weighted by molar-refractivity contribution is -0.359. The summed E-state index contributed by atoms with van der Waals surface area (Å²) in [5.41, 5.74) is 8.85. The second kappa shape index (κ2) is 17.2. The van der Waals surface area contributed by atoms with Crippen molar-refractivity contribution in [3.8, 4) is 0 Å². The Hall–Kier alpha value is -5.50. The number of ketones is 2. The zero-order valence-corrected chi connectivity index (χ0v) is 36.9. The van der Waals surface area contributed by atoms with E-state index in [1.54, 1.807) is 12.2 Å². The van der Waals surface area contributed by atoms with Crippen LogP contribution in [0.15, 0.2) is 95.5 Å². The third kappa shape index (κ3) is 7.70. The van der Waals surface area contributed by atoms with Crippen molar-refractivity contribution in [1.82, 2.24) is 0 Å². The summed E-state index contributed by atoms with van der Waals surface area (Å²) in [5.74, 6) is -0.910. The third-order valence-electron chi connectivity index (χ3n) is 13.0. The van der Waals surface area contributed by atoms with Crippen molar-refractivity contribution in [2.45, 2.75) is 118 Å². The number of unbranched alkanes of at least 4 members (excludes halogenated alkanes) is 4. The van der Waals surface area contributed by atoms with Gasteiger partial charge in [0.15, 0.2) is 23.0 Å². The quantitative estimate of drug-likeness (QED) is 0.154. The van der Waals surface area contributed by atoms with E-state index >= 15 is 0 Å². The van der Waals surface area contributed by atoms with Crippen molar-refractivity contribution < 1.29 is 29.8 Å². The lowest BCUT2D eigenvalue weighted by atomic mass is 9.74. The summed E-state index contributed by atoms with van der Waals surface area (Å²) in [5, 5.41) is 27.1. The number of benzene rings is 3. The molecule has 8 nitrogen and oxygen atoms in total. The van der Waals surface area contributed by atoms with Gasteiger partial charge in [0.1, 0.15) is 0 Å². The fraction of sp³-hybridized carbons (Fsp3) is 0.423. The predicted molar refractivity (Wildman–Crippen MR) is 241 cm³/mol. The molecule has 2 aliphatic carbocycles. The Bertz CT molecular complexity index is 2190. The molecule has 0 spiro atoms. The van der Waals surface area contributed by atoms with Crippen LogP contribution in [0.1, 0.15) is 129 Å². The maximum atomic E-state index is 13.5. The van der Waals surface area contributed by atoms with Crippen LogP contribution in [0.2, 0.25) is 0 Å². The number of nitrogens with one attached hydrogen (secondary N) is 2. The Morgan fingerprint density at radius 2 is 0.867 bits per heavy atom. The number of carbonyl (C=O) groups excluding carboxylic acids is 2. The molecule has 0 atom stereocenters. The van der Waals surface area contributed by atoms with E-state index in [0.29, 0.717) is 11.1 Å². The van der Waals surface area contributed by atoms with Crippen molar-refractivity contribution in [3.05, 3.63) is 118 Å². The van der Waals surface area contributed by atoms with Crippen molar-refractivity contribution in [1.29, 1.82) is 0 Å². The molecule has 2 N–H and O–H groups in total. The van der Waals surface area contributed by atoms with Crippen LogP contribution in [0.4, 0.5) is 22.7 Å². The molecule has 0 amide bonds. The highest BCUT2D eigenvalue weighted by molar-refractivity contribution is 6.40. The molecule has 3 aromatic carbocycles. The first-order chi connectivity index (χ1) is 28.8. The number of hydrogen-bond acceptors (Lipinski definition) is 6. The number of carbonyl (C=O) groups is 2. The summed E-state index contributed by atoms with van der Waals surface area (Å²) in [6.45, 7) is 21.1. The minimum absolute atomic E-state index is 0.195. The standard InChI is InChI=1S/C52H62N4O4/c1-9-13-25-55(26-14-10-2)35-21-17-33(18-22-35)45-47(57)37(48(45)58)29-43-51(5,6)39-31-40-42(32-41(39)53-43)54-44(52(40,7)8)30-38-49(59)46(50(38)60)34-19-23-36(24-20-34)56(27-15-11-3)28-16-12-4/h17-24,29-32,57,59H,9-16,25-28H2,1-8H3/b37-29-,38-30+. The number of anilines is 2. The smallest absolute Gasteiger partial charge is 0.214 e. The van der Waals surface area contributed by atoms with Gasteiger partial charge in [0.05, 0.1) is 16.9 Å². The van der Waals surface area contributed by atoms with Crippen LogP contribution < -0.4 is 30.0 Å². The minimum atomic E-state index is -0.518. The van der Waals surface area contributed by atoms with Gasteiger partial charge >= 0.3 is 0 Å². The minimum Gasteiger partial charge on any atom is -0.871 e. The molecule has 7 rings (SSSR count). The molecule has 0 aromatic heterocycles. The van der Waals surface area contributed by atoms with Crippen molar-refractivity contribution in [2.24, 2.45) is 0 Å². The van der Waals surface area contributed by atoms with Crippen LogP contribution in [0.25, 0.3) is 11.1 Å². The molecular formula is C52H62N4O4. The number of nitrogens with zero attached hydrogens (tertiary/aromatic N) is 2. The molecule has 0 unspecified atom stereocenters. The van der Waals surface area contributed by atoms with Crippen LogP contribution in [0.3, 0.4) is 0 Å². The summed E-state index contributed by atoms with van der Waals surface area (Å²) in [4.78, 5) is 38.9. The second-order valence-electron chi connectivity index (χ2n) is 17.9. The van der Waals surface area contributed by atoms with Crippen LogP contribution in [-0.2, 0) is 20.4 Å². The normalized spacial score (nSPS) is 18.7. The Kier molecular flexibility index (Phi) is 12.2. The average Bonchev–Trinajstić information content (AvgIpc) is 3.64. The molecule has 2 aliphatic heterocycles. The van der Waals surface area contributed by atoms with E-state index in [4.69, 9.17) is 0 Å². The number of Topliss-reactive ketones (excluding diaryl/α,β-unsaturated/α-hetero) is 2. The van der Waals surface area contributed by atoms with Gasteiger partial charge < -0.3 is 20.0 Å². The van der Waals surface area contributed by atoms with E-state index in [1.165, 1.54) is 0 Å². The van der Waals surface area contributed by atoms with Crippen LogP contribution in [0, 0.1) is 0 Å². The first kappa shape index (κ1) is 42.6. The fourth-order valence-corrected chi connectivity index (χ4v) is 8.88. The molecule has 8 heteroatoms. The van der Waals surface area contributed by atoms with Crippen molar-refractivity contribution in [2.75, 3.05) is 36.0 Å². The molecule has 3 aromatic rings. The fourth-order valence-electron chi connectivity index (χ4n) is 8.88. The van der Waals surface area contributed by atoms with Gasteiger partial charge in [-0.25, -0.2) is 9.98 Å². The highest BCUT2D eigenvalue weighted by atomic mass is 16.3. The largest absolute Gasteiger partial charge is 0.871 e. The van der Waals surface area contributed by atoms with E-state index < -0.39 is 10.8 Å². The Morgan fingerprint density at radius 3 is 1.17 bits per heavy atom. The number of fused-ring (bicyclic) bond motifs is 2. The molecular weight excluding hydrogens is 745 g/mol. The third-order valence-corrected chi connectivity index (χ3v) is 13.0. The van der Waals surface area contributed by atoms with E-state index in [0.717, 1.165) is 123 Å². The van der Waals surface area contributed by atoms with Gasteiger partial charge in [0.2, 0.25) is 11.4 Å². The SMILES string of the molecule is CCCCN(CCCC)c1ccc(C2=C([O-])/C(=C/C3=[NH+]c4cc5c(cc4C3(C)C)C(C)(C)C(/C=C3/C(=O)C(c4ccc(N(CCCC)CCCC)cc4)=C3[O-])=[NH+]5)C2=O)cc1. The van der Waals surface area contributed by atoms with Crippen molar-refractivity contribution in [3.63, 3.8) is 0 Å². The first-order valence-electron chi connectivity index (χ1n) is 22.3. The van der Waals surface area contributed by atoms with E-state index in [-0.39, 0.29) is 45.4 Å². The molecule has 4 aliphatic rings. The van der Waals surface area contributed by atoms with Gasteiger partial charge in [-0.1, -0.05) is 89.2 Å². The molecule has 0 radical (unpaired) electrons.